The number of nitrogens with one attached hydrogen (secondary N) is 3. The van der Waals surface area contributed by atoms with Gasteiger partial charge in [0.25, 0.3) is 0 Å². The first-order valence-electron chi connectivity index (χ1n) is 9.84. The van der Waals surface area contributed by atoms with Gasteiger partial charge in [0.15, 0.2) is 5.96 Å². The Balaban J connectivity index is 0.00000320. The zero-order chi connectivity index (χ0) is 20.7. The van der Waals surface area contributed by atoms with Crippen molar-refractivity contribution in [1.82, 2.24) is 15.4 Å². The molecule has 164 valence electrons. The molecule has 2 aromatic carbocycles. The largest absolute Gasteiger partial charge is 0.357 e. The van der Waals surface area contributed by atoms with Crippen molar-refractivity contribution in [2.45, 2.75) is 43.7 Å². The number of hydrogen-bond acceptors (Lipinski definition) is 3. The molecular formula is C21H28ClIN4O2S. The van der Waals surface area contributed by atoms with Crippen LogP contribution in [0.25, 0.3) is 0 Å². The van der Waals surface area contributed by atoms with E-state index < -0.39 is 10.0 Å². The van der Waals surface area contributed by atoms with E-state index in [9.17, 15) is 8.42 Å². The van der Waals surface area contributed by atoms with Crippen molar-refractivity contribution >= 4 is 51.6 Å². The van der Waals surface area contributed by atoms with Gasteiger partial charge in [-0.05, 0) is 61.6 Å². The second-order valence-electron chi connectivity index (χ2n) is 7.04. The molecule has 0 radical (unpaired) electrons. The number of hydrogen-bond donors (Lipinski definition) is 3. The zero-order valence-corrected chi connectivity index (χ0v) is 20.8. The molecular weight excluding hydrogens is 535 g/mol. The van der Waals surface area contributed by atoms with Crippen molar-refractivity contribution in [3.8, 4) is 0 Å². The van der Waals surface area contributed by atoms with E-state index in [2.05, 4.69) is 20.3 Å². The van der Waals surface area contributed by atoms with Gasteiger partial charge in [0.2, 0.25) is 10.0 Å². The predicted octanol–water partition coefficient (Wildman–Crippen LogP) is 3.70. The van der Waals surface area contributed by atoms with Gasteiger partial charge in [-0.15, -0.1) is 24.0 Å². The van der Waals surface area contributed by atoms with Crippen molar-refractivity contribution in [2.75, 3.05) is 13.1 Å². The Bertz CT molecular complexity index is 948. The van der Waals surface area contributed by atoms with Gasteiger partial charge < -0.3 is 10.6 Å². The molecule has 0 unspecified atom stereocenters. The first kappa shape index (κ1) is 24.9. The van der Waals surface area contributed by atoms with E-state index in [1.165, 1.54) is 0 Å². The number of aliphatic imine (C=N–C) groups is 1. The summed E-state index contributed by atoms with van der Waals surface area (Å²) in [5.41, 5.74) is 2.11. The number of halogens is 2. The second-order valence-corrected chi connectivity index (χ2v) is 9.19. The molecule has 30 heavy (non-hydrogen) atoms. The predicted molar refractivity (Wildman–Crippen MR) is 133 cm³/mol. The Morgan fingerprint density at radius 3 is 2.47 bits per heavy atom. The van der Waals surface area contributed by atoms with E-state index in [-0.39, 0.29) is 30.0 Å². The number of rotatable bonds is 9. The van der Waals surface area contributed by atoms with Gasteiger partial charge in [-0.1, -0.05) is 35.9 Å². The molecule has 6 nitrogen and oxygen atoms in total. The van der Waals surface area contributed by atoms with Crippen LogP contribution >= 0.6 is 35.6 Å². The second kappa shape index (κ2) is 11.9. The third-order valence-corrected chi connectivity index (χ3v) is 6.26. The molecule has 3 N–H and O–H groups in total. The number of nitrogens with zero attached hydrogens (tertiary/aromatic N) is 1. The first-order chi connectivity index (χ1) is 14.0. The highest BCUT2D eigenvalue weighted by atomic mass is 127. The number of guanidine groups is 1. The molecule has 1 aliphatic carbocycles. The average molecular weight is 563 g/mol. The third-order valence-electron chi connectivity index (χ3n) is 4.49. The van der Waals surface area contributed by atoms with Crippen LogP contribution < -0.4 is 15.4 Å². The van der Waals surface area contributed by atoms with Crippen LogP contribution in [0.15, 0.2) is 58.4 Å². The highest BCUT2D eigenvalue weighted by Gasteiger charge is 2.27. The molecule has 2 aromatic rings. The SMILES string of the molecule is CCNC(=NCc1ccc(S(=O)(=O)NC2CC2)cc1)NCCc1cccc(Cl)c1.I. The minimum atomic E-state index is -3.42. The maximum Gasteiger partial charge on any atom is 0.240 e. The van der Waals surface area contributed by atoms with E-state index >= 15 is 0 Å². The van der Waals surface area contributed by atoms with Crippen molar-refractivity contribution in [2.24, 2.45) is 4.99 Å². The fraction of sp³-hybridized carbons (Fsp3) is 0.381. The lowest BCUT2D eigenvalue weighted by atomic mass is 10.1. The summed E-state index contributed by atoms with van der Waals surface area (Å²) in [5.74, 6) is 0.724. The lowest BCUT2D eigenvalue weighted by molar-refractivity contribution is 0.581. The fourth-order valence-corrected chi connectivity index (χ4v) is 4.31. The van der Waals surface area contributed by atoms with E-state index in [1.807, 2.05) is 31.2 Å². The summed E-state index contributed by atoms with van der Waals surface area (Å²) >= 11 is 6.02. The smallest absolute Gasteiger partial charge is 0.240 e. The van der Waals surface area contributed by atoms with Crippen LogP contribution in [0.1, 0.15) is 30.9 Å². The van der Waals surface area contributed by atoms with Gasteiger partial charge >= 0.3 is 0 Å². The van der Waals surface area contributed by atoms with Gasteiger partial charge in [-0.25, -0.2) is 18.1 Å². The minimum absolute atomic E-state index is 0. The molecule has 1 aliphatic rings. The van der Waals surface area contributed by atoms with Gasteiger partial charge in [-0.2, -0.15) is 0 Å². The Labute approximate surface area is 201 Å². The van der Waals surface area contributed by atoms with Crippen LogP contribution in [0.2, 0.25) is 5.02 Å². The quantitative estimate of drug-likeness (QED) is 0.247. The molecule has 0 heterocycles. The molecule has 1 fully saturated rings. The Morgan fingerprint density at radius 2 is 1.83 bits per heavy atom. The molecule has 3 rings (SSSR count). The number of benzene rings is 2. The first-order valence-corrected chi connectivity index (χ1v) is 11.7. The fourth-order valence-electron chi connectivity index (χ4n) is 2.79. The van der Waals surface area contributed by atoms with E-state index in [1.54, 1.807) is 24.3 Å². The molecule has 0 bridgehead atoms. The van der Waals surface area contributed by atoms with Crippen molar-refractivity contribution in [1.29, 1.82) is 0 Å². The maximum absolute atomic E-state index is 12.2. The van der Waals surface area contributed by atoms with Crippen LogP contribution in [-0.2, 0) is 23.0 Å². The molecule has 0 aromatic heterocycles. The van der Waals surface area contributed by atoms with E-state index in [0.29, 0.717) is 11.4 Å². The van der Waals surface area contributed by atoms with Crippen LogP contribution in [0.4, 0.5) is 0 Å². The van der Waals surface area contributed by atoms with Gasteiger partial charge in [0.05, 0.1) is 11.4 Å². The standard InChI is InChI=1S/C21H27ClN4O2S.HI/c1-2-23-21(24-13-12-16-4-3-5-18(22)14-16)25-15-17-6-10-20(11-7-17)29(27,28)26-19-8-9-19;/h3-7,10-11,14,19,26H,2,8-9,12-13,15H2,1H3,(H2,23,24,25);1H. The van der Waals surface area contributed by atoms with E-state index in [0.717, 1.165) is 54.5 Å². The summed E-state index contributed by atoms with van der Waals surface area (Å²) in [4.78, 5) is 4.88. The van der Waals surface area contributed by atoms with E-state index in [4.69, 9.17) is 11.6 Å². The molecule has 0 amide bonds. The molecule has 0 spiro atoms. The van der Waals surface area contributed by atoms with Crippen LogP contribution in [-0.4, -0.2) is 33.5 Å². The topological polar surface area (TPSA) is 82.6 Å². The third kappa shape index (κ3) is 8.05. The lowest BCUT2D eigenvalue weighted by Crippen LogP contribution is -2.38. The molecule has 0 aliphatic heterocycles. The molecule has 0 atom stereocenters. The minimum Gasteiger partial charge on any atom is -0.357 e. The Hall–Kier alpha value is -1.36. The normalized spacial score (nSPS) is 14.1. The summed E-state index contributed by atoms with van der Waals surface area (Å²) in [6.07, 6.45) is 2.68. The molecule has 0 saturated heterocycles. The van der Waals surface area contributed by atoms with Crippen LogP contribution in [0, 0.1) is 0 Å². The van der Waals surface area contributed by atoms with Gasteiger partial charge in [0, 0.05) is 24.2 Å². The summed E-state index contributed by atoms with van der Waals surface area (Å²) in [6.45, 7) is 3.97. The monoisotopic (exact) mass is 562 g/mol. The maximum atomic E-state index is 12.2. The van der Waals surface area contributed by atoms with Gasteiger partial charge in [-0.3, -0.25) is 0 Å². The van der Waals surface area contributed by atoms with Crippen molar-refractivity contribution in [3.05, 3.63) is 64.7 Å². The van der Waals surface area contributed by atoms with Crippen molar-refractivity contribution in [3.63, 3.8) is 0 Å². The Morgan fingerprint density at radius 1 is 1.10 bits per heavy atom. The average Bonchev–Trinajstić information content (AvgIpc) is 3.50. The lowest BCUT2D eigenvalue weighted by Gasteiger charge is -2.11. The zero-order valence-electron chi connectivity index (χ0n) is 16.9. The number of sulfonamides is 1. The highest BCUT2D eigenvalue weighted by molar-refractivity contribution is 14.0. The summed E-state index contributed by atoms with van der Waals surface area (Å²) < 4.78 is 27.2. The van der Waals surface area contributed by atoms with Crippen LogP contribution in [0.3, 0.4) is 0 Å². The van der Waals surface area contributed by atoms with Gasteiger partial charge in [0.1, 0.15) is 0 Å². The van der Waals surface area contributed by atoms with Crippen LogP contribution in [0.5, 0.6) is 0 Å². The summed E-state index contributed by atoms with van der Waals surface area (Å²) in [7, 11) is -3.42. The molecule has 9 heteroatoms. The summed E-state index contributed by atoms with van der Waals surface area (Å²) in [5, 5.41) is 7.27. The van der Waals surface area contributed by atoms with Crippen molar-refractivity contribution < 1.29 is 8.42 Å². The Kier molecular flexibility index (Phi) is 9.86. The summed E-state index contributed by atoms with van der Waals surface area (Å²) in [6, 6.07) is 14.8. The molecule has 1 saturated carbocycles. The highest BCUT2D eigenvalue weighted by Crippen LogP contribution is 2.22.